The molecule has 0 saturated heterocycles. The number of fused-ring (bicyclic) bond motifs is 1. The molecule has 0 aliphatic carbocycles. The molecule has 2 N–H and O–H groups in total. The van der Waals surface area contributed by atoms with Crippen molar-refractivity contribution in [3.05, 3.63) is 81.9 Å². The number of carbonyl (C=O) groups excluding carboxylic acids is 1. The van der Waals surface area contributed by atoms with E-state index < -0.39 is 0 Å². The maximum atomic E-state index is 12.9. The second-order valence-electron chi connectivity index (χ2n) is 6.27. The van der Waals surface area contributed by atoms with Crippen molar-refractivity contribution in [3.63, 3.8) is 0 Å². The van der Waals surface area contributed by atoms with Crippen molar-refractivity contribution >= 4 is 22.5 Å². The van der Waals surface area contributed by atoms with Crippen LogP contribution in [0.3, 0.4) is 0 Å². The number of aromatic amines is 1. The lowest BCUT2D eigenvalue weighted by Gasteiger charge is -2.10. The molecule has 0 saturated carbocycles. The van der Waals surface area contributed by atoms with Crippen molar-refractivity contribution in [3.8, 4) is 5.95 Å². The summed E-state index contributed by atoms with van der Waals surface area (Å²) in [7, 11) is 0. The maximum absolute atomic E-state index is 12.9. The number of rotatable bonds is 3. The second kappa shape index (κ2) is 6.53. The van der Waals surface area contributed by atoms with Gasteiger partial charge < -0.3 is 5.32 Å². The lowest BCUT2D eigenvalue weighted by atomic mass is 10.0. The molecule has 7 heteroatoms. The summed E-state index contributed by atoms with van der Waals surface area (Å²) in [6.45, 7) is 3.53. The first kappa shape index (κ1) is 16.7. The largest absolute Gasteiger partial charge is 0.306 e. The standard InChI is InChI=1S/C20H17N5O2/c1-12-11-18(26)23-20(21-12)25-17(10-13(2)24-25)22-19(27)16-9-5-7-14-6-3-4-8-15(14)16/h3-11H,1-2H3,(H,22,27)(H,21,23,26). The Morgan fingerprint density at radius 3 is 2.63 bits per heavy atom. The first-order valence-electron chi connectivity index (χ1n) is 8.45. The summed E-state index contributed by atoms with van der Waals surface area (Å²) in [5.41, 5.74) is 1.53. The maximum Gasteiger partial charge on any atom is 0.257 e. The van der Waals surface area contributed by atoms with Crippen molar-refractivity contribution in [1.82, 2.24) is 19.7 Å². The van der Waals surface area contributed by atoms with Gasteiger partial charge in [0.15, 0.2) is 0 Å². The Hall–Kier alpha value is -3.74. The molecule has 0 spiro atoms. The van der Waals surface area contributed by atoms with E-state index in [0.717, 1.165) is 10.8 Å². The van der Waals surface area contributed by atoms with Crippen molar-refractivity contribution in [2.24, 2.45) is 0 Å². The average Bonchev–Trinajstić information content (AvgIpc) is 3.00. The van der Waals surface area contributed by atoms with Crippen molar-refractivity contribution in [1.29, 1.82) is 0 Å². The Balaban J connectivity index is 1.75. The summed E-state index contributed by atoms with van der Waals surface area (Å²) in [5, 5.41) is 9.07. The highest BCUT2D eigenvalue weighted by Crippen LogP contribution is 2.21. The van der Waals surface area contributed by atoms with Crippen molar-refractivity contribution in [2.45, 2.75) is 13.8 Å². The Morgan fingerprint density at radius 1 is 1.04 bits per heavy atom. The summed E-state index contributed by atoms with van der Waals surface area (Å²) in [6.07, 6.45) is 0. The average molecular weight is 359 g/mol. The number of nitrogens with one attached hydrogen (secondary N) is 2. The predicted molar refractivity (Wildman–Crippen MR) is 103 cm³/mol. The van der Waals surface area contributed by atoms with Gasteiger partial charge in [-0.1, -0.05) is 36.4 Å². The fourth-order valence-electron chi connectivity index (χ4n) is 3.02. The van der Waals surface area contributed by atoms with Crippen LogP contribution in [0, 0.1) is 13.8 Å². The summed E-state index contributed by atoms with van der Waals surface area (Å²) in [4.78, 5) is 31.6. The van der Waals surface area contributed by atoms with Crippen LogP contribution in [0.4, 0.5) is 5.82 Å². The Bertz CT molecular complexity index is 1220. The van der Waals surface area contributed by atoms with E-state index in [1.165, 1.54) is 10.7 Å². The molecule has 4 aromatic rings. The van der Waals surface area contributed by atoms with Gasteiger partial charge in [-0.15, -0.1) is 0 Å². The highest BCUT2D eigenvalue weighted by Gasteiger charge is 2.15. The van der Waals surface area contributed by atoms with Crippen LogP contribution in [-0.2, 0) is 0 Å². The van der Waals surface area contributed by atoms with Crippen LogP contribution in [-0.4, -0.2) is 25.7 Å². The van der Waals surface area contributed by atoms with E-state index >= 15 is 0 Å². The fraction of sp³-hybridized carbons (Fsp3) is 0.100. The molecule has 0 fully saturated rings. The zero-order chi connectivity index (χ0) is 19.0. The van der Waals surface area contributed by atoms with E-state index in [0.29, 0.717) is 22.8 Å². The zero-order valence-electron chi connectivity index (χ0n) is 14.9. The van der Waals surface area contributed by atoms with Gasteiger partial charge in [-0.2, -0.15) is 9.78 Å². The summed E-state index contributed by atoms with van der Waals surface area (Å²) >= 11 is 0. The molecule has 2 aromatic heterocycles. The first-order chi connectivity index (χ1) is 13.0. The molecule has 0 unspecified atom stereocenters. The highest BCUT2D eigenvalue weighted by atomic mass is 16.1. The molecule has 27 heavy (non-hydrogen) atoms. The number of aryl methyl sites for hydroxylation is 2. The number of aromatic nitrogens is 4. The van der Waals surface area contributed by atoms with Crippen LogP contribution in [0.1, 0.15) is 21.7 Å². The topological polar surface area (TPSA) is 92.7 Å². The molecule has 2 aromatic carbocycles. The normalized spacial score (nSPS) is 10.9. The number of amides is 1. The molecule has 4 rings (SSSR count). The third-order valence-electron chi connectivity index (χ3n) is 4.17. The van der Waals surface area contributed by atoms with Crippen LogP contribution in [0.25, 0.3) is 16.7 Å². The molecule has 0 radical (unpaired) electrons. The van der Waals surface area contributed by atoms with Crippen molar-refractivity contribution < 1.29 is 4.79 Å². The van der Waals surface area contributed by atoms with E-state index in [4.69, 9.17) is 0 Å². The third kappa shape index (κ3) is 3.22. The highest BCUT2D eigenvalue weighted by molar-refractivity contribution is 6.12. The van der Waals surface area contributed by atoms with E-state index in [1.54, 1.807) is 26.0 Å². The molecule has 1 amide bonds. The Kier molecular flexibility index (Phi) is 4.04. The second-order valence-corrected chi connectivity index (χ2v) is 6.27. The van der Waals surface area contributed by atoms with Crippen LogP contribution in [0.15, 0.2) is 59.4 Å². The smallest absolute Gasteiger partial charge is 0.257 e. The molecule has 0 atom stereocenters. The lowest BCUT2D eigenvalue weighted by Crippen LogP contribution is -2.19. The first-order valence-corrected chi connectivity index (χ1v) is 8.45. The van der Waals surface area contributed by atoms with Gasteiger partial charge >= 0.3 is 0 Å². The van der Waals surface area contributed by atoms with Gasteiger partial charge in [0.1, 0.15) is 5.82 Å². The van der Waals surface area contributed by atoms with Gasteiger partial charge in [0.2, 0.25) is 5.95 Å². The number of anilines is 1. The van der Waals surface area contributed by atoms with E-state index in [2.05, 4.69) is 20.4 Å². The number of H-pyrrole nitrogens is 1. The molecular formula is C20H17N5O2. The van der Waals surface area contributed by atoms with Gasteiger partial charge in [-0.3, -0.25) is 14.6 Å². The van der Waals surface area contributed by atoms with Gasteiger partial charge in [0, 0.05) is 23.4 Å². The number of nitrogens with zero attached hydrogens (tertiary/aromatic N) is 3. The number of benzene rings is 2. The van der Waals surface area contributed by atoms with E-state index in [1.807, 2.05) is 36.4 Å². The molecule has 134 valence electrons. The number of hydrogen-bond acceptors (Lipinski definition) is 4. The third-order valence-corrected chi connectivity index (χ3v) is 4.17. The predicted octanol–water partition coefficient (Wildman–Crippen LogP) is 2.98. The minimum atomic E-state index is -0.281. The van der Waals surface area contributed by atoms with Gasteiger partial charge in [-0.05, 0) is 30.7 Å². The van der Waals surface area contributed by atoms with Crippen LogP contribution in [0.2, 0.25) is 0 Å². The van der Waals surface area contributed by atoms with E-state index in [-0.39, 0.29) is 17.4 Å². The van der Waals surface area contributed by atoms with Gasteiger partial charge in [0.05, 0.1) is 5.69 Å². The van der Waals surface area contributed by atoms with Crippen molar-refractivity contribution in [2.75, 3.05) is 5.32 Å². The van der Waals surface area contributed by atoms with Crippen LogP contribution < -0.4 is 10.9 Å². The monoisotopic (exact) mass is 359 g/mol. The zero-order valence-corrected chi connectivity index (χ0v) is 14.9. The van der Waals surface area contributed by atoms with Gasteiger partial charge in [-0.25, -0.2) is 4.98 Å². The van der Waals surface area contributed by atoms with E-state index in [9.17, 15) is 9.59 Å². The molecule has 2 heterocycles. The molecule has 7 nitrogen and oxygen atoms in total. The molecule has 0 aliphatic rings. The van der Waals surface area contributed by atoms with Crippen LogP contribution in [0.5, 0.6) is 0 Å². The molecule has 0 bridgehead atoms. The fourth-order valence-corrected chi connectivity index (χ4v) is 3.02. The summed E-state index contributed by atoms with van der Waals surface area (Å²) < 4.78 is 1.42. The number of carbonyl (C=O) groups is 1. The quantitative estimate of drug-likeness (QED) is 0.588. The lowest BCUT2D eigenvalue weighted by molar-refractivity contribution is 0.102. The SMILES string of the molecule is Cc1cc(=O)[nH]c(-n2nc(C)cc2NC(=O)c2cccc3ccccc23)n1. The summed E-state index contributed by atoms with van der Waals surface area (Å²) in [5.74, 6) is 0.420. The number of hydrogen-bond donors (Lipinski definition) is 2. The summed E-state index contributed by atoms with van der Waals surface area (Å²) in [6, 6.07) is 16.4. The Labute approximate surface area is 154 Å². The molecular weight excluding hydrogens is 342 g/mol. The van der Waals surface area contributed by atoms with Crippen LogP contribution >= 0.6 is 0 Å². The minimum absolute atomic E-state index is 0.251. The van der Waals surface area contributed by atoms with Gasteiger partial charge in [0.25, 0.3) is 11.5 Å². The Morgan fingerprint density at radius 2 is 1.81 bits per heavy atom. The molecule has 0 aliphatic heterocycles. The minimum Gasteiger partial charge on any atom is -0.306 e.